The van der Waals surface area contributed by atoms with Gasteiger partial charge in [-0.15, -0.1) is 0 Å². The number of ether oxygens (including phenoxy) is 1. The highest BCUT2D eigenvalue weighted by Crippen LogP contribution is 2.26. The van der Waals surface area contributed by atoms with Crippen molar-refractivity contribution < 1.29 is 22.7 Å². The van der Waals surface area contributed by atoms with E-state index in [0.717, 1.165) is 19.3 Å². The molecule has 2 amide bonds. The molecule has 1 fully saturated rings. The van der Waals surface area contributed by atoms with Crippen molar-refractivity contribution in [3.63, 3.8) is 0 Å². The fraction of sp³-hybridized carbons (Fsp3) is 0.625. The lowest BCUT2D eigenvalue weighted by molar-refractivity contribution is -0.135. The molecule has 0 aromatic heterocycles. The SMILES string of the molecule is CC[C@H](C)[C@H](N=C1NS(=O)(=O)c2ccccc21)C(=O)N1CCC(CNC(=O)OC(C)(C)C)CC1. The van der Waals surface area contributed by atoms with Gasteiger partial charge < -0.3 is 15.0 Å². The summed E-state index contributed by atoms with van der Waals surface area (Å²) >= 11 is 0. The number of piperidine rings is 1. The van der Waals surface area contributed by atoms with E-state index in [1.165, 1.54) is 6.07 Å². The molecule has 0 spiro atoms. The molecule has 2 N–H and O–H groups in total. The molecule has 9 nitrogen and oxygen atoms in total. The Bertz CT molecular complexity index is 1040. The molecule has 34 heavy (non-hydrogen) atoms. The summed E-state index contributed by atoms with van der Waals surface area (Å²) in [6, 6.07) is 5.99. The van der Waals surface area contributed by atoms with Crippen molar-refractivity contribution in [2.24, 2.45) is 16.8 Å². The first-order valence-electron chi connectivity index (χ1n) is 11.9. The number of amides is 2. The normalized spacial score (nSPS) is 20.9. The Balaban J connectivity index is 1.65. The summed E-state index contributed by atoms with van der Waals surface area (Å²) in [6.45, 7) is 11.1. The second kappa shape index (κ2) is 10.3. The van der Waals surface area contributed by atoms with Crippen LogP contribution in [0.3, 0.4) is 0 Å². The zero-order valence-electron chi connectivity index (χ0n) is 20.6. The summed E-state index contributed by atoms with van der Waals surface area (Å²) in [5.74, 6) is 0.344. The number of hydrogen-bond donors (Lipinski definition) is 2. The first-order chi connectivity index (χ1) is 15.9. The number of alkyl carbamates (subject to hydrolysis) is 1. The molecular weight excluding hydrogens is 456 g/mol. The van der Waals surface area contributed by atoms with E-state index in [9.17, 15) is 18.0 Å². The number of fused-ring (bicyclic) bond motifs is 1. The second-order valence-corrected chi connectivity index (χ2v) is 11.7. The predicted octanol–water partition coefficient (Wildman–Crippen LogP) is 2.90. The molecule has 188 valence electrons. The lowest BCUT2D eigenvalue weighted by Gasteiger charge is -2.34. The van der Waals surface area contributed by atoms with Gasteiger partial charge in [-0.05, 0) is 57.6 Å². The van der Waals surface area contributed by atoms with Crippen LogP contribution in [0.1, 0.15) is 59.4 Å². The maximum Gasteiger partial charge on any atom is 0.407 e. The largest absolute Gasteiger partial charge is 0.444 e. The number of sulfonamides is 1. The van der Waals surface area contributed by atoms with Crippen LogP contribution in [0.15, 0.2) is 34.2 Å². The molecular formula is C24H36N4O5S. The molecule has 0 bridgehead atoms. The minimum atomic E-state index is -3.67. The number of hydrogen-bond acceptors (Lipinski definition) is 6. The van der Waals surface area contributed by atoms with Gasteiger partial charge in [0.2, 0.25) is 5.91 Å². The standard InChI is InChI=1S/C24H36N4O5S/c1-6-16(2)20(26-21-18-9-7-8-10-19(18)34(31,32)27-21)22(29)28-13-11-17(12-14-28)15-25-23(30)33-24(3,4)5/h7-10,16-17,20H,6,11-15H2,1-5H3,(H,25,30)(H,26,27)/t16-,20-/m0/s1. The minimum absolute atomic E-state index is 0.0520. The topological polar surface area (TPSA) is 117 Å². The Kier molecular flexibility index (Phi) is 7.90. The number of rotatable bonds is 6. The van der Waals surface area contributed by atoms with Crippen LogP contribution >= 0.6 is 0 Å². The average Bonchev–Trinajstić information content (AvgIpc) is 3.04. The molecule has 2 atom stereocenters. The number of likely N-dealkylation sites (tertiary alicyclic amines) is 1. The van der Waals surface area contributed by atoms with E-state index in [1.54, 1.807) is 23.1 Å². The van der Waals surface area contributed by atoms with Gasteiger partial charge in [0.25, 0.3) is 10.0 Å². The van der Waals surface area contributed by atoms with E-state index in [1.807, 2.05) is 34.6 Å². The van der Waals surface area contributed by atoms with Crippen LogP contribution in [0.2, 0.25) is 0 Å². The highest BCUT2D eigenvalue weighted by molar-refractivity contribution is 7.90. The molecule has 2 heterocycles. The van der Waals surface area contributed by atoms with Crippen molar-refractivity contribution >= 4 is 27.9 Å². The van der Waals surface area contributed by atoms with Crippen molar-refractivity contribution in [2.75, 3.05) is 19.6 Å². The number of benzene rings is 1. The van der Waals surface area contributed by atoms with E-state index in [0.29, 0.717) is 25.2 Å². The van der Waals surface area contributed by atoms with Crippen molar-refractivity contribution in [3.8, 4) is 0 Å². The number of amidine groups is 1. The number of nitrogens with zero attached hydrogens (tertiary/aromatic N) is 2. The number of carbonyl (C=O) groups excluding carboxylic acids is 2. The number of carbonyl (C=O) groups is 2. The third-order valence-electron chi connectivity index (χ3n) is 6.23. The fourth-order valence-electron chi connectivity index (χ4n) is 4.10. The minimum Gasteiger partial charge on any atom is -0.444 e. The Labute approximate surface area is 202 Å². The molecule has 10 heteroatoms. The number of aliphatic imine (C=N–C) groups is 1. The maximum atomic E-state index is 13.4. The van der Waals surface area contributed by atoms with E-state index < -0.39 is 27.8 Å². The smallest absolute Gasteiger partial charge is 0.407 e. The molecule has 3 rings (SSSR count). The van der Waals surface area contributed by atoms with Crippen LogP contribution in [-0.2, 0) is 19.6 Å². The van der Waals surface area contributed by atoms with Crippen LogP contribution in [0, 0.1) is 11.8 Å². The van der Waals surface area contributed by atoms with E-state index >= 15 is 0 Å². The van der Waals surface area contributed by atoms with Gasteiger partial charge in [-0.25, -0.2) is 13.2 Å². The van der Waals surface area contributed by atoms with Crippen LogP contribution in [0.4, 0.5) is 4.79 Å². The molecule has 2 aliphatic heterocycles. The summed E-state index contributed by atoms with van der Waals surface area (Å²) in [4.78, 5) is 32.0. The Hall–Kier alpha value is -2.62. The molecule has 0 aliphatic carbocycles. The van der Waals surface area contributed by atoms with Gasteiger partial charge in [0, 0.05) is 25.2 Å². The molecule has 0 radical (unpaired) electrons. The molecule has 0 saturated carbocycles. The van der Waals surface area contributed by atoms with Gasteiger partial charge in [0.15, 0.2) is 0 Å². The lowest BCUT2D eigenvalue weighted by Crippen LogP contribution is -2.47. The monoisotopic (exact) mass is 492 g/mol. The quantitative estimate of drug-likeness (QED) is 0.633. The molecule has 1 saturated heterocycles. The van der Waals surface area contributed by atoms with Gasteiger partial charge >= 0.3 is 6.09 Å². The highest BCUT2D eigenvalue weighted by Gasteiger charge is 2.35. The van der Waals surface area contributed by atoms with E-state index in [4.69, 9.17) is 4.74 Å². The third-order valence-corrected chi connectivity index (χ3v) is 7.62. The van der Waals surface area contributed by atoms with Crippen LogP contribution in [-0.4, -0.2) is 62.4 Å². The average molecular weight is 493 g/mol. The summed E-state index contributed by atoms with van der Waals surface area (Å²) < 4.78 is 32.7. The Morgan fingerprint density at radius 3 is 2.50 bits per heavy atom. The van der Waals surface area contributed by atoms with Gasteiger partial charge in [0.1, 0.15) is 17.5 Å². The maximum absolute atomic E-state index is 13.4. The molecule has 1 aromatic rings. The highest BCUT2D eigenvalue weighted by atomic mass is 32.2. The van der Waals surface area contributed by atoms with Gasteiger partial charge in [-0.3, -0.25) is 14.5 Å². The molecule has 1 aromatic carbocycles. The van der Waals surface area contributed by atoms with Gasteiger partial charge in [-0.2, -0.15) is 0 Å². The summed E-state index contributed by atoms with van der Waals surface area (Å²) in [6.07, 6.45) is 1.83. The predicted molar refractivity (Wildman–Crippen MR) is 130 cm³/mol. The summed E-state index contributed by atoms with van der Waals surface area (Å²) in [5, 5.41) is 2.82. The second-order valence-electron chi connectivity index (χ2n) is 10.1. The van der Waals surface area contributed by atoms with Gasteiger partial charge in [0.05, 0.1) is 4.90 Å². The molecule has 2 aliphatic rings. The summed E-state index contributed by atoms with van der Waals surface area (Å²) in [7, 11) is -3.67. The van der Waals surface area contributed by atoms with Crippen LogP contribution < -0.4 is 10.0 Å². The van der Waals surface area contributed by atoms with E-state index in [2.05, 4.69) is 15.0 Å². The molecule has 0 unspecified atom stereocenters. The Morgan fingerprint density at radius 2 is 1.88 bits per heavy atom. The van der Waals surface area contributed by atoms with Gasteiger partial charge in [-0.1, -0.05) is 32.4 Å². The van der Waals surface area contributed by atoms with Crippen molar-refractivity contribution in [1.82, 2.24) is 14.9 Å². The van der Waals surface area contributed by atoms with Crippen molar-refractivity contribution in [2.45, 2.75) is 70.4 Å². The zero-order chi connectivity index (χ0) is 25.1. The first-order valence-corrected chi connectivity index (χ1v) is 13.3. The fourth-order valence-corrected chi connectivity index (χ4v) is 5.34. The first kappa shape index (κ1) is 26.0. The third kappa shape index (κ3) is 6.28. The van der Waals surface area contributed by atoms with Crippen molar-refractivity contribution in [3.05, 3.63) is 29.8 Å². The number of nitrogens with one attached hydrogen (secondary N) is 2. The van der Waals surface area contributed by atoms with Crippen molar-refractivity contribution in [1.29, 1.82) is 0 Å². The zero-order valence-corrected chi connectivity index (χ0v) is 21.4. The van der Waals surface area contributed by atoms with Crippen LogP contribution in [0.25, 0.3) is 0 Å². The Morgan fingerprint density at radius 1 is 1.24 bits per heavy atom. The lowest BCUT2D eigenvalue weighted by atomic mass is 9.94. The summed E-state index contributed by atoms with van der Waals surface area (Å²) in [5.41, 5.74) is -0.0454. The van der Waals surface area contributed by atoms with E-state index in [-0.39, 0.29) is 28.5 Å². The van der Waals surface area contributed by atoms with Crippen LogP contribution in [0.5, 0.6) is 0 Å².